The molecule has 2 saturated heterocycles. The molecule has 2 aliphatic rings. The Morgan fingerprint density at radius 1 is 1.37 bits per heavy atom. The first kappa shape index (κ1) is 18.0. The second-order valence-electron chi connectivity index (χ2n) is 8.32. The SMILES string of the molecule is CCn1cc(C(=O)N2CC[C@H]3[C@@H](C2)CC(C)(C)N3c2cccc(F)c2)cn1. The second kappa shape index (κ2) is 6.66. The van der Waals surface area contributed by atoms with Crippen molar-refractivity contribution >= 4 is 11.6 Å². The van der Waals surface area contributed by atoms with Crippen molar-refractivity contribution < 1.29 is 9.18 Å². The highest BCUT2D eigenvalue weighted by atomic mass is 19.1. The smallest absolute Gasteiger partial charge is 0.257 e. The number of carbonyl (C=O) groups is 1. The maximum absolute atomic E-state index is 13.8. The summed E-state index contributed by atoms with van der Waals surface area (Å²) in [5, 5.41) is 4.23. The number of aryl methyl sites for hydroxylation is 1. The first-order valence-electron chi connectivity index (χ1n) is 9.75. The molecule has 1 aromatic heterocycles. The molecule has 2 aromatic rings. The van der Waals surface area contributed by atoms with Gasteiger partial charge in [0.15, 0.2) is 0 Å². The van der Waals surface area contributed by atoms with Crippen molar-refractivity contribution in [2.75, 3.05) is 18.0 Å². The van der Waals surface area contributed by atoms with Crippen LogP contribution in [0.15, 0.2) is 36.7 Å². The minimum atomic E-state index is -0.202. The van der Waals surface area contributed by atoms with E-state index in [2.05, 4.69) is 23.8 Å². The highest BCUT2D eigenvalue weighted by Crippen LogP contribution is 2.44. The van der Waals surface area contributed by atoms with Crippen LogP contribution in [-0.2, 0) is 6.54 Å². The van der Waals surface area contributed by atoms with E-state index in [1.807, 2.05) is 24.1 Å². The first-order chi connectivity index (χ1) is 12.9. The summed E-state index contributed by atoms with van der Waals surface area (Å²) in [7, 11) is 0. The zero-order chi connectivity index (χ0) is 19.2. The van der Waals surface area contributed by atoms with Crippen molar-refractivity contribution in [1.82, 2.24) is 14.7 Å². The maximum Gasteiger partial charge on any atom is 0.257 e. The lowest BCUT2D eigenvalue weighted by atomic mass is 9.89. The van der Waals surface area contributed by atoms with Crippen LogP contribution in [0.1, 0.15) is 44.0 Å². The first-order valence-corrected chi connectivity index (χ1v) is 9.75. The lowest BCUT2D eigenvalue weighted by Gasteiger charge is -2.41. The van der Waals surface area contributed by atoms with Crippen LogP contribution in [0.3, 0.4) is 0 Å². The van der Waals surface area contributed by atoms with Gasteiger partial charge in [0.05, 0.1) is 11.8 Å². The molecule has 3 heterocycles. The van der Waals surface area contributed by atoms with Crippen molar-refractivity contribution in [1.29, 1.82) is 0 Å². The van der Waals surface area contributed by atoms with E-state index in [0.717, 1.165) is 38.2 Å². The fourth-order valence-corrected chi connectivity index (χ4v) is 4.93. The Labute approximate surface area is 159 Å². The zero-order valence-corrected chi connectivity index (χ0v) is 16.2. The molecule has 0 aliphatic carbocycles. The molecule has 1 aromatic carbocycles. The summed E-state index contributed by atoms with van der Waals surface area (Å²) in [4.78, 5) is 17.2. The molecule has 0 spiro atoms. The lowest BCUT2D eigenvalue weighted by Crippen LogP contribution is -2.50. The van der Waals surface area contributed by atoms with Gasteiger partial charge in [0.1, 0.15) is 5.82 Å². The Hall–Kier alpha value is -2.37. The van der Waals surface area contributed by atoms with E-state index in [1.165, 1.54) is 6.07 Å². The predicted molar refractivity (Wildman–Crippen MR) is 103 cm³/mol. The van der Waals surface area contributed by atoms with E-state index in [0.29, 0.717) is 17.5 Å². The highest BCUT2D eigenvalue weighted by molar-refractivity contribution is 5.93. The third-order valence-corrected chi connectivity index (χ3v) is 6.02. The summed E-state index contributed by atoms with van der Waals surface area (Å²) in [6.07, 6.45) is 5.38. The number of nitrogens with zero attached hydrogens (tertiary/aromatic N) is 4. The zero-order valence-electron chi connectivity index (χ0n) is 16.2. The fraction of sp³-hybridized carbons (Fsp3) is 0.524. The third kappa shape index (κ3) is 3.22. The van der Waals surface area contributed by atoms with Crippen LogP contribution in [0.2, 0.25) is 0 Å². The van der Waals surface area contributed by atoms with E-state index in [4.69, 9.17) is 0 Å². The van der Waals surface area contributed by atoms with Crippen molar-refractivity contribution in [2.24, 2.45) is 5.92 Å². The van der Waals surface area contributed by atoms with Crippen LogP contribution in [0, 0.1) is 11.7 Å². The van der Waals surface area contributed by atoms with Crippen molar-refractivity contribution in [3.8, 4) is 0 Å². The van der Waals surface area contributed by atoms with E-state index < -0.39 is 0 Å². The van der Waals surface area contributed by atoms with Gasteiger partial charge in [0.25, 0.3) is 5.91 Å². The number of benzene rings is 1. The number of fused-ring (bicyclic) bond motifs is 1. The number of amides is 1. The molecule has 2 atom stereocenters. The highest BCUT2D eigenvalue weighted by Gasteiger charge is 2.48. The van der Waals surface area contributed by atoms with Crippen LogP contribution < -0.4 is 4.90 Å². The molecule has 5 nitrogen and oxygen atoms in total. The maximum atomic E-state index is 13.8. The molecular weight excluding hydrogens is 343 g/mol. The monoisotopic (exact) mass is 370 g/mol. The normalized spacial score (nSPS) is 24.1. The number of rotatable bonds is 3. The Morgan fingerprint density at radius 3 is 2.89 bits per heavy atom. The summed E-state index contributed by atoms with van der Waals surface area (Å²) >= 11 is 0. The number of hydrogen-bond donors (Lipinski definition) is 0. The molecule has 1 amide bonds. The Balaban J connectivity index is 1.53. The minimum Gasteiger partial charge on any atom is -0.363 e. The van der Waals surface area contributed by atoms with Crippen LogP contribution in [0.4, 0.5) is 10.1 Å². The summed E-state index contributed by atoms with van der Waals surface area (Å²) < 4.78 is 15.6. The Kier molecular flexibility index (Phi) is 4.44. The van der Waals surface area contributed by atoms with Gasteiger partial charge in [-0.15, -0.1) is 0 Å². The van der Waals surface area contributed by atoms with Gasteiger partial charge < -0.3 is 9.80 Å². The van der Waals surface area contributed by atoms with Gasteiger partial charge in [-0.05, 0) is 57.7 Å². The number of anilines is 1. The third-order valence-electron chi connectivity index (χ3n) is 6.02. The molecule has 2 fully saturated rings. The molecule has 0 unspecified atom stereocenters. The van der Waals surface area contributed by atoms with E-state index in [9.17, 15) is 9.18 Å². The molecule has 27 heavy (non-hydrogen) atoms. The number of carbonyl (C=O) groups excluding carboxylic acids is 1. The molecular formula is C21H27FN4O. The molecule has 0 saturated carbocycles. The van der Waals surface area contributed by atoms with Gasteiger partial charge in [-0.3, -0.25) is 9.48 Å². The van der Waals surface area contributed by atoms with Crippen LogP contribution in [0.25, 0.3) is 0 Å². The second-order valence-corrected chi connectivity index (χ2v) is 8.32. The van der Waals surface area contributed by atoms with Gasteiger partial charge in [-0.2, -0.15) is 5.10 Å². The molecule has 4 rings (SSSR count). The summed E-state index contributed by atoms with van der Waals surface area (Å²) in [6, 6.07) is 7.22. The van der Waals surface area contributed by atoms with Gasteiger partial charge in [-0.25, -0.2) is 4.39 Å². The average molecular weight is 370 g/mol. The van der Waals surface area contributed by atoms with Crippen molar-refractivity contribution in [3.05, 3.63) is 48.0 Å². The number of hydrogen-bond acceptors (Lipinski definition) is 3. The predicted octanol–water partition coefficient (Wildman–Crippen LogP) is 3.56. The largest absolute Gasteiger partial charge is 0.363 e. The van der Waals surface area contributed by atoms with Gasteiger partial charge in [-0.1, -0.05) is 6.07 Å². The van der Waals surface area contributed by atoms with Crippen molar-refractivity contribution in [3.63, 3.8) is 0 Å². The van der Waals surface area contributed by atoms with Gasteiger partial charge >= 0.3 is 0 Å². The topological polar surface area (TPSA) is 41.4 Å². The quantitative estimate of drug-likeness (QED) is 0.830. The summed E-state index contributed by atoms with van der Waals surface area (Å²) in [5.41, 5.74) is 1.54. The van der Waals surface area contributed by atoms with Crippen LogP contribution >= 0.6 is 0 Å². The molecule has 0 N–H and O–H groups in total. The standard InChI is InChI=1S/C21H27FN4O/c1-4-25-14-16(12-23-25)20(27)24-9-8-19-15(13-24)11-21(2,3)26(19)18-7-5-6-17(22)10-18/h5-7,10,12,14-15,19H,4,8-9,11,13H2,1-3H3/t15-,19+/m1/s1. The Morgan fingerprint density at radius 2 is 2.19 bits per heavy atom. The Bertz CT molecular complexity index is 846. The number of aromatic nitrogens is 2. The van der Waals surface area contributed by atoms with E-state index in [1.54, 1.807) is 23.0 Å². The number of likely N-dealkylation sites (tertiary alicyclic amines) is 1. The van der Waals surface area contributed by atoms with E-state index >= 15 is 0 Å². The lowest BCUT2D eigenvalue weighted by molar-refractivity contribution is 0.0667. The average Bonchev–Trinajstić information content (AvgIpc) is 3.21. The summed E-state index contributed by atoms with van der Waals surface area (Å²) in [6.45, 7) is 8.67. The molecule has 0 bridgehead atoms. The number of piperidine rings is 1. The van der Waals surface area contributed by atoms with Crippen LogP contribution in [0.5, 0.6) is 0 Å². The molecule has 6 heteroatoms. The van der Waals surface area contributed by atoms with E-state index in [-0.39, 0.29) is 17.3 Å². The van der Waals surface area contributed by atoms with Gasteiger partial charge in [0.2, 0.25) is 0 Å². The molecule has 144 valence electrons. The van der Waals surface area contributed by atoms with Gasteiger partial charge in [0, 0.05) is 43.1 Å². The summed E-state index contributed by atoms with van der Waals surface area (Å²) in [5.74, 6) is 0.254. The molecule has 2 aliphatic heterocycles. The fourth-order valence-electron chi connectivity index (χ4n) is 4.93. The van der Waals surface area contributed by atoms with Crippen molar-refractivity contribution in [2.45, 2.75) is 51.7 Å². The minimum absolute atomic E-state index is 0.0602. The number of halogens is 1. The van der Waals surface area contributed by atoms with Crippen LogP contribution in [-0.4, -0.2) is 45.3 Å². The molecule has 0 radical (unpaired) electrons.